The van der Waals surface area contributed by atoms with Gasteiger partial charge in [-0.05, 0) is 48.4 Å². The highest BCUT2D eigenvalue weighted by Crippen LogP contribution is 2.42. The number of nitrogens with one attached hydrogen (secondary N) is 1. The molecule has 0 fully saturated rings. The number of carbonyl (C=O) groups is 1. The topological polar surface area (TPSA) is 111 Å². The molecule has 0 aliphatic heterocycles. The number of anilines is 1. The molecule has 0 unspecified atom stereocenters. The van der Waals surface area contributed by atoms with Gasteiger partial charge in [0.2, 0.25) is 0 Å². The SMILES string of the molecule is COc1ccc(/C(C)=N/OCC(=O)Nc2c(C#N)c(-c3ccccc3)c(-c3ccccc3)n2Cc2ccco2)cc1OC. The maximum Gasteiger partial charge on any atom is 0.266 e. The quantitative estimate of drug-likeness (QED) is 0.138. The third-order valence-electron chi connectivity index (χ3n) is 6.84. The van der Waals surface area contributed by atoms with E-state index in [2.05, 4.69) is 16.5 Å². The first-order valence-electron chi connectivity index (χ1n) is 13.5. The van der Waals surface area contributed by atoms with Gasteiger partial charge in [0.15, 0.2) is 18.1 Å². The summed E-state index contributed by atoms with van der Waals surface area (Å²) in [5, 5.41) is 17.5. The van der Waals surface area contributed by atoms with E-state index in [-0.39, 0.29) is 13.2 Å². The Balaban J connectivity index is 1.49. The third-order valence-corrected chi connectivity index (χ3v) is 6.84. The van der Waals surface area contributed by atoms with Crippen molar-refractivity contribution in [3.05, 3.63) is 114 Å². The molecule has 0 aliphatic rings. The lowest BCUT2D eigenvalue weighted by Gasteiger charge is -2.14. The number of ether oxygens (including phenoxy) is 2. The number of furan rings is 1. The van der Waals surface area contributed by atoms with Crippen molar-refractivity contribution in [2.75, 3.05) is 26.1 Å². The number of hydrogen-bond acceptors (Lipinski definition) is 7. The molecule has 3 aromatic carbocycles. The molecule has 0 spiro atoms. The lowest BCUT2D eigenvalue weighted by molar-refractivity contribution is -0.120. The summed E-state index contributed by atoms with van der Waals surface area (Å²) < 4.78 is 18.2. The summed E-state index contributed by atoms with van der Waals surface area (Å²) in [5.41, 5.74) is 4.84. The Morgan fingerprint density at radius 2 is 1.63 bits per heavy atom. The summed E-state index contributed by atoms with van der Waals surface area (Å²) in [6.07, 6.45) is 1.59. The van der Waals surface area contributed by atoms with Gasteiger partial charge in [-0.2, -0.15) is 5.26 Å². The van der Waals surface area contributed by atoms with Crippen LogP contribution < -0.4 is 14.8 Å². The van der Waals surface area contributed by atoms with Gasteiger partial charge < -0.3 is 28.6 Å². The Bertz CT molecular complexity index is 1770. The molecule has 1 amide bonds. The smallest absolute Gasteiger partial charge is 0.266 e. The van der Waals surface area contributed by atoms with Crippen molar-refractivity contribution >= 4 is 17.4 Å². The Kier molecular flexibility index (Phi) is 8.88. The minimum atomic E-state index is -0.474. The highest BCUT2D eigenvalue weighted by Gasteiger charge is 2.27. The fourth-order valence-electron chi connectivity index (χ4n) is 4.83. The van der Waals surface area contributed by atoms with E-state index in [1.54, 1.807) is 45.6 Å². The molecule has 2 heterocycles. The van der Waals surface area contributed by atoms with E-state index < -0.39 is 5.91 Å². The summed E-state index contributed by atoms with van der Waals surface area (Å²) in [7, 11) is 3.12. The molecule has 1 N–H and O–H groups in total. The number of nitriles is 1. The maximum atomic E-state index is 13.2. The first-order chi connectivity index (χ1) is 21.0. The number of nitrogens with zero attached hydrogens (tertiary/aromatic N) is 3. The van der Waals surface area contributed by atoms with E-state index in [0.717, 1.165) is 22.4 Å². The Morgan fingerprint density at radius 1 is 0.930 bits per heavy atom. The van der Waals surface area contributed by atoms with Gasteiger partial charge in [0.05, 0.1) is 38.4 Å². The maximum absolute atomic E-state index is 13.2. The second-order valence-electron chi connectivity index (χ2n) is 9.52. The Hall–Kier alpha value is -5.75. The molecule has 0 atom stereocenters. The summed E-state index contributed by atoms with van der Waals surface area (Å²) in [6, 6.07) is 30.7. The molecular weight excluding hydrogens is 544 g/mol. The number of hydrogen-bond donors (Lipinski definition) is 1. The first kappa shape index (κ1) is 28.8. The van der Waals surface area contributed by atoms with E-state index in [1.165, 1.54) is 0 Å². The molecule has 0 bridgehead atoms. The molecular formula is C34H30N4O5. The van der Waals surface area contributed by atoms with E-state index in [0.29, 0.717) is 39.9 Å². The number of oxime groups is 1. The van der Waals surface area contributed by atoms with Gasteiger partial charge >= 0.3 is 0 Å². The number of amides is 1. The zero-order valence-corrected chi connectivity index (χ0v) is 24.0. The number of benzene rings is 3. The Morgan fingerprint density at radius 3 is 2.26 bits per heavy atom. The fraction of sp³-hybridized carbons (Fsp3) is 0.147. The summed E-state index contributed by atoms with van der Waals surface area (Å²) in [5.74, 6) is 1.67. The minimum Gasteiger partial charge on any atom is -0.493 e. The second-order valence-corrected chi connectivity index (χ2v) is 9.52. The monoisotopic (exact) mass is 574 g/mol. The average Bonchev–Trinajstić information content (AvgIpc) is 3.67. The van der Waals surface area contributed by atoms with Gasteiger partial charge in [-0.3, -0.25) is 4.79 Å². The zero-order chi connectivity index (χ0) is 30.2. The van der Waals surface area contributed by atoms with Crippen LogP contribution in [0, 0.1) is 11.3 Å². The van der Waals surface area contributed by atoms with Crippen LogP contribution in [0.25, 0.3) is 22.4 Å². The van der Waals surface area contributed by atoms with Gasteiger partial charge in [-0.1, -0.05) is 65.8 Å². The van der Waals surface area contributed by atoms with Crippen molar-refractivity contribution in [2.45, 2.75) is 13.5 Å². The number of rotatable bonds is 11. The molecule has 0 saturated carbocycles. The van der Waals surface area contributed by atoms with Crippen LogP contribution in [0.2, 0.25) is 0 Å². The van der Waals surface area contributed by atoms with Crippen LogP contribution in [0.1, 0.15) is 23.8 Å². The number of aromatic nitrogens is 1. The highest BCUT2D eigenvalue weighted by atomic mass is 16.6. The van der Waals surface area contributed by atoms with Gasteiger partial charge in [-0.25, -0.2) is 0 Å². The molecule has 0 saturated heterocycles. The number of carbonyl (C=O) groups excluding carboxylic acids is 1. The van der Waals surface area contributed by atoms with Crippen LogP contribution in [0.3, 0.4) is 0 Å². The largest absolute Gasteiger partial charge is 0.493 e. The molecule has 5 rings (SSSR count). The van der Waals surface area contributed by atoms with Crippen molar-refractivity contribution in [2.24, 2.45) is 5.16 Å². The normalized spacial score (nSPS) is 11.1. The number of methoxy groups -OCH3 is 2. The predicted molar refractivity (Wildman–Crippen MR) is 164 cm³/mol. The summed E-state index contributed by atoms with van der Waals surface area (Å²) in [4.78, 5) is 18.7. The van der Waals surface area contributed by atoms with Crippen molar-refractivity contribution in [3.8, 4) is 40.0 Å². The summed E-state index contributed by atoms with van der Waals surface area (Å²) in [6.45, 7) is 1.67. The molecule has 0 aliphatic carbocycles. The van der Waals surface area contributed by atoms with Crippen LogP contribution >= 0.6 is 0 Å². The van der Waals surface area contributed by atoms with Crippen LogP contribution in [-0.2, 0) is 16.2 Å². The molecule has 216 valence electrons. The highest BCUT2D eigenvalue weighted by molar-refractivity contribution is 6.00. The van der Waals surface area contributed by atoms with Crippen molar-refractivity contribution in [1.29, 1.82) is 5.26 Å². The van der Waals surface area contributed by atoms with Crippen molar-refractivity contribution < 1.29 is 23.5 Å². The van der Waals surface area contributed by atoms with Crippen molar-refractivity contribution in [1.82, 2.24) is 4.57 Å². The third kappa shape index (κ3) is 6.29. The molecule has 9 nitrogen and oxygen atoms in total. The second kappa shape index (κ2) is 13.3. The zero-order valence-electron chi connectivity index (χ0n) is 24.0. The molecule has 43 heavy (non-hydrogen) atoms. The van der Waals surface area contributed by atoms with E-state index in [9.17, 15) is 10.1 Å². The lowest BCUT2D eigenvalue weighted by atomic mass is 9.98. The standard InChI is InChI=1S/C34H30N4O5/c1-23(26-16-17-29(40-2)30(19-26)41-3)37-43-22-31(39)36-34-28(20-35)32(24-11-6-4-7-12-24)33(25-13-8-5-9-14-25)38(34)21-27-15-10-18-42-27/h4-19H,21-22H2,1-3H3,(H,36,39)/b37-23+. The Labute approximate surface area is 249 Å². The molecule has 2 aromatic heterocycles. The lowest BCUT2D eigenvalue weighted by Crippen LogP contribution is -2.20. The van der Waals surface area contributed by atoms with Gasteiger partial charge in [0.1, 0.15) is 23.2 Å². The minimum absolute atomic E-state index is 0.284. The molecule has 5 aromatic rings. The molecule has 0 radical (unpaired) electrons. The van der Waals surface area contributed by atoms with E-state index >= 15 is 0 Å². The van der Waals surface area contributed by atoms with E-state index in [4.69, 9.17) is 18.7 Å². The fourth-order valence-corrected chi connectivity index (χ4v) is 4.83. The van der Waals surface area contributed by atoms with Crippen LogP contribution in [0.5, 0.6) is 11.5 Å². The van der Waals surface area contributed by atoms with E-state index in [1.807, 2.05) is 77.4 Å². The average molecular weight is 575 g/mol. The first-order valence-corrected chi connectivity index (χ1v) is 13.5. The van der Waals surface area contributed by atoms with Crippen molar-refractivity contribution in [3.63, 3.8) is 0 Å². The van der Waals surface area contributed by atoms with Crippen LogP contribution in [0.4, 0.5) is 5.82 Å². The van der Waals surface area contributed by atoms with Gasteiger partial charge in [0.25, 0.3) is 5.91 Å². The van der Waals surface area contributed by atoms with Gasteiger partial charge in [0, 0.05) is 11.1 Å². The van der Waals surface area contributed by atoms with Gasteiger partial charge in [-0.15, -0.1) is 0 Å². The summed E-state index contributed by atoms with van der Waals surface area (Å²) >= 11 is 0. The van der Waals surface area contributed by atoms with Crippen LogP contribution in [0.15, 0.2) is 107 Å². The van der Waals surface area contributed by atoms with Crippen LogP contribution in [-0.4, -0.2) is 37.0 Å². The molecule has 9 heteroatoms. The predicted octanol–water partition coefficient (Wildman–Crippen LogP) is 6.73.